The quantitative estimate of drug-likeness (QED) is 0.644. The zero-order chi connectivity index (χ0) is 20.3. The minimum Gasteiger partial charge on any atom is -0.493 e. The Hall–Kier alpha value is -3.46. The molecule has 6 nitrogen and oxygen atoms in total. The third kappa shape index (κ3) is 3.52. The van der Waals surface area contributed by atoms with Gasteiger partial charge in [0.2, 0.25) is 0 Å². The van der Waals surface area contributed by atoms with E-state index in [1.165, 1.54) is 0 Å². The van der Waals surface area contributed by atoms with Gasteiger partial charge in [-0.15, -0.1) is 0 Å². The fraction of sp³-hybridized carbons (Fsp3) is 0.273. The highest BCUT2D eigenvalue weighted by Gasteiger charge is 2.16. The van der Waals surface area contributed by atoms with E-state index in [1.54, 1.807) is 34.5 Å². The van der Waals surface area contributed by atoms with Gasteiger partial charge in [0, 0.05) is 23.6 Å². The van der Waals surface area contributed by atoms with Gasteiger partial charge in [-0.3, -0.25) is 4.98 Å². The molecule has 144 valence electrons. The first kappa shape index (κ1) is 19.3. The molecule has 2 aromatic carbocycles. The fourth-order valence-corrected chi connectivity index (χ4v) is 3.28. The van der Waals surface area contributed by atoms with E-state index in [9.17, 15) is 5.26 Å². The summed E-state index contributed by atoms with van der Waals surface area (Å²) in [6.45, 7) is 1.94. The van der Waals surface area contributed by atoms with Gasteiger partial charge in [0.1, 0.15) is 0 Å². The van der Waals surface area contributed by atoms with Crippen molar-refractivity contribution in [1.29, 1.82) is 5.26 Å². The van der Waals surface area contributed by atoms with Crippen LogP contribution in [0.15, 0.2) is 30.3 Å². The molecule has 0 spiro atoms. The van der Waals surface area contributed by atoms with Crippen LogP contribution in [-0.4, -0.2) is 33.4 Å². The molecule has 0 bridgehead atoms. The largest absolute Gasteiger partial charge is 0.493 e. The van der Waals surface area contributed by atoms with Crippen molar-refractivity contribution < 1.29 is 18.9 Å². The smallest absolute Gasteiger partial charge is 0.162 e. The zero-order valence-electron chi connectivity index (χ0n) is 16.6. The molecule has 0 aliphatic heterocycles. The van der Waals surface area contributed by atoms with Crippen molar-refractivity contribution in [2.24, 2.45) is 0 Å². The molecule has 0 atom stereocenters. The van der Waals surface area contributed by atoms with E-state index in [0.717, 1.165) is 27.7 Å². The van der Waals surface area contributed by atoms with Crippen molar-refractivity contribution >= 4 is 10.8 Å². The van der Waals surface area contributed by atoms with Crippen LogP contribution in [0, 0.1) is 18.3 Å². The number of aryl methyl sites for hydroxylation is 1. The second-order valence-electron chi connectivity index (χ2n) is 6.29. The lowest BCUT2D eigenvalue weighted by molar-refractivity contribution is 0.354. The molecule has 1 heterocycles. The van der Waals surface area contributed by atoms with Gasteiger partial charge in [0.15, 0.2) is 23.0 Å². The van der Waals surface area contributed by atoms with Gasteiger partial charge in [-0.1, -0.05) is 0 Å². The summed E-state index contributed by atoms with van der Waals surface area (Å²) in [4.78, 5) is 4.72. The zero-order valence-corrected chi connectivity index (χ0v) is 16.6. The van der Waals surface area contributed by atoms with E-state index in [-0.39, 0.29) is 0 Å². The monoisotopic (exact) mass is 378 g/mol. The number of aromatic nitrogens is 1. The predicted octanol–water partition coefficient (Wildman–Crippen LogP) is 4.04. The van der Waals surface area contributed by atoms with E-state index in [2.05, 4.69) is 6.07 Å². The van der Waals surface area contributed by atoms with Gasteiger partial charge < -0.3 is 18.9 Å². The van der Waals surface area contributed by atoms with Gasteiger partial charge in [-0.05, 0) is 42.1 Å². The summed E-state index contributed by atoms with van der Waals surface area (Å²) in [6.07, 6.45) is 0.469. The van der Waals surface area contributed by atoms with Gasteiger partial charge in [-0.25, -0.2) is 0 Å². The van der Waals surface area contributed by atoms with E-state index in [1.807, 2.05) is 31.2 Å². The van der Waals surface area contributed by atoms with Crippen molar-refractivity contribution in [2.45, 2.75) is 13.3 Å². The third-order valence-electron chi connectivity index (χ3n) is 4.63. The van der Waals surface area contributed by atoms with Crippen LogP contribution >= 0.6 is 0 Å². The van der Waals surface area contributed by atoms with E-state index < -0.39 is 0 Å². The summed E-state index contributed by atoms with van der Waals surface area (Å²) in [5, 5.41) is 11.5. The Bertz CT molecular complexity index is 1070. The van der Waals surface area contributed by atoms with Gasteiger partial charge >= 0.3 is 0 Å². The Kier molecular flexibility index (Phi) is 5.55. The lowest BCUT2D eigenvalue weighted by Crippen LogP contribution is -2.01. The summed E-state index contributed by atoms with van der Waals surface area (Å²) < 4.78 is 21.6. The Morgan fingerprint density at radius 2 is 1.39 bits per heavy atom. The molecule has 6 heteroatoms. The summed E-state index contributed by atoms with van der Waals surface area (Å²) in [5.41, 5.74) is 3.07. The highest BCUT2D eigenvalue weighted by atomic mass is 16.5. The Labute approximate surface area is 164 Å². The number of nitrogens with zero attached hydrogens (tertiary/aromatic N) is 2. The van der Waals surface area contributed by atoms with Crippen LogP contribution in [0.2, 0.25) is 0 Å². The maximum absolute atomic E-state index is 9.60. The first-order valence-electron chi connectivity index (χ1n) is 8.71. The normalized spacial score (nSPS) is 10.4. The lowest BCUT2D eigenvalue weighted by atomic mass is 9.98. The number of pyridine rings is 1. The molecule has 28 heavy (non-hydrogen) atoms. The van der Waals surface area contributed by atoms with E-state index in [0.29, 0.717) is 35.0 Å². The summed E-state index contributed by atoms with van der Waals surface area (Å²) in [5.74, 6) is 2.40. The number of fused-ring (bicyclic) bond motifs is 1. The van der Waals surface area contributed by atoms with E-state index >= 15 is 0 Å². The van der Waals surface area contributed by atoms with Crippen LogP contribution in [0.4, 0.5) is 0 Å². The summed E-state index contributed by atoms with van der Waals surface area (Å²) >= 11 is 0. The number of benzene rings is 2. The van der Waals surface area contributed by atoms with Crippen LogP contribution in [-0.2, 0) is 6.42 Å². The number of hydrogen-bond acceptors (Lipinski definition) is 6. The van der Waals surface area contributed by atoms with Crippen molar-refractivity contribution in [1.82, 2.24) is 4.98 Å². The van der Waals surface area contributed by atoms with Crippen LogP contribution in [0.3, 0.4) is 0 Å². The highest BCUT2D eigenvalue weighted by Crippen LogP contribution is 2.36. The topological polar surface area (TPSA) is 73.6 Å². The molecule has 0 amide bonds. The highest BCUT2D eigenvalue weighted by molar-refractivity contribution is 5.88. The van der Waals surface area contributed by atoms with Crippen molar-refractivity contribution in [3.05, 3.63) is 52.8 Å². The second kappa shape index (κ2) is 8.05. The minimum absolute atomic E-state index is 0.469. The summed E-state index contributed by atoms with van der Waals surface area (Å²) in [7, 11) is 6.34. The molecule has 1 aromatic heterocycles. The summed E-state index contributed by atoms with van der Waals surface area (Å²) in [6, 6.07) is 11.6. The Morgan fingerprint density at radius 3 is 2.00 bits per heavy atom. The molecular formula is C22H22N2O4. The van der Waals surface area contributed by atoms with Crippen LogP contribution < -0.4 is 18.9 Å². The molecule has 0 aliphatic carbocycles. The molecule has 0 saturated carbocycles. The predicted molar refractivity (Wildman–Crippen MR) is 107 cm³/mol. The molecule has 0 unspecified atom stereocenters. The first-order chi connectivity index (χ1) is 13.5. The fourth-order valence-electron chi connectivity index (χ4n) is 3.28. The van der Waals surface area contributed by atoms with E-state index in [4.69, 9.17) is 23.9 Å². The van der Waals surface area contributed by atoms with Gasteiger partial charge in [-0.2, -0.15) is 5.26 Å². The molecule has 0 aliphatic rings. The molecule has 3 rings (SSSR count). The van der Waals surface area contributed by atoms with Crippen molar-refractivity contribution in [3.63, 3.8) is 0 Å². The SMILES string of the molecule is COc1cc(C#N)c(Cc2nc(C)cc3cc(OC)c(OC)cc23)cc1OC. The first-order valence-corrected chi connectivity index (χ1v) is 8.71. The van der Waals surface area contributed by atoms with Crippen LogP contribution in [0.25, 0.3) is 10.8 Å². The number of rotatable bonds is 6. The molecule has 0 N–H and O–H groups in total. The Morgan fingerprint density at radius 1 is 0.821 bits per heavy atom. The molecule has 3 aromatic rings. The van der Waals surface area contributed by atoms with Gasteiger partial charge in [0.25, 0.3) is 0 Å². The number of hydrogen-bond donors (Lipinski definition) is 0. The van der Waals surface area contributed by atoms with Crippen molar-refractivity contribution in [2.75, 3.05) is 28.4 Å². The number of nitriles is 1. The van der Waals surface area contributed by atoms with Crippen LogP contribution in [0.5, 0.6) is 23.0 Å². The standard InChI is InChI=1S/C22H22N2O4/c1-13-6-15-9-20(26-3)22(28-5)11-17(15)18(24-13)7-14-8-19(25-2)21(27-4)10-16(14)12-23/h6,8-11H,7H2,1-5H3. The Balaban J connectivity index is 2.18. The third-order valence-corrected chi connectivity index (χ3v) is 4.63. The average molecular weight is 378 g/mol. The molecular weight excluding hydrogens is 356 g/mol. The maximum Gasteiger partial charge on any atom is 0.162 e. The number of methoxy groups -OCH3 is 4. The molecule has 0 radical (unpaired) electrons. The minimum atomic E-state index is 0.469. The van der Waals surface area contributed by atoms with Gasteiger partial charge in [0.05, 0.1) is 45.8 Å². The number of ether oxygens (including phenoxy) is 4. The van der Waals surface area contributed by atoms with Crippen molar-refractivity contribution in [3.8, 4) is 29.1 Å². The average Bonchev–Trinajstić information content (AvgIpc) is 2.72. The molecule has 0 saturated heterocycles. The second-order valence-corrected chi connectivity index (χ2v) is 6.29. The maximum atomic E-state index is 9.60. The lowest BCUT2D eigenvalue weighted by Gasteiger charge is -2.14. The molecule has 0 fully saturated rings. The van der Waals surface area contributed by atoms with Crippen LogP contribution in [0.1, 0.15) is 22.5 Å².